The van der Waals surface area contributed by atoms with Gasteiger partial charge in [0, 0.05) is 32.2 Å². The van der Waals surface area contributed by atoms with Crippen molar-refractivity contribution in [3.05, 3.63) is 35.1 Å². The summed E-state index contributed by atoms with van der Waals surface area (Å²) in [7, 11) is 0. The van der Waals surface area contributed by atoms with E-state index in [4.69, 9.17) is 4.74 Å². The Labute approximate surface area is 143 Å². The van der Waals surface area contributed by atoms with Crippen molar-refractivity contribution in [2.45, 2.75) is 33.4 Å². The molecule has 0 bridgehead atoms. The number of aryl methyl sites for hydroxylation is 1. The maximum atomic E-state index is 13.2. The van der Waals surface area contributed by atoms with Crippen molar-refractivity contribution in [3.8, 4) is 0 Å². The maximum Gasteiger partial charge on any atom is 0.315 e. The van der Waals surface area contributed by atoms with E-state index in [0.717, 1.165) is 31.9 Å². The summed E-state index contributed by atoms with van der Waals surface area (Å²) in [6, 6.07) is 4.97. The molecule has 1 aromatic rings. The first-order chi connectivity index (χ1) is 11.5. The molecule has 24 heavy (non-hydrogen) atoms. The first-order valence-electron chi connectivity index (χ1n) is 8.56. The van der Waals surface area contributed by atoms with E-state index in [9.17, 15) is 9.18 Å². The molecule has 5 nitrogen and oxygen atoms in total. The number of nitrogens with one attached hydrogen (secondary N) is 2. The fourth-order valence-corrected chi connectivity index (χ4v) is 2.95. The van der Waals surface area contributed by atoms with Gasteiger partial charge in [-0.05, 0) is 30.0 Å². The molecule has 0 saturated carbocycles. The van der Waals surface area contributed by atoms with Crippen LogP contribution in [0.5, 0.6) is 0 Å². The minimum absolute atomic E-state index is 0.198. The third kappa shape index (κ3) is 5.46. The summed E-state index contributed by atoms with van der Waals surface area (Å²) in [5, 5.41) is 5.78. The quantitative estimate of drug-likeness (QED) is 0.837. The van der Waals surface area contributed by atoms with E-state index in [1.54, 1.807) is 19.1 Å². The summed E-state index contributed by atoms with van der Waals surface area (Å²) in [5.74, 6) is 0.219. The Kier molecular flexibility index (Phi) is 6.99. The summed E-state index contributed by atoms with van der Waals surface area (Å²) < 4.78 is 18.6. The Morgan fingerprint density at radius 2 is 2.00 bits per heavy atom. The lowest BCUT2D eigenvalue weighted by Gasteiger charge is -2.36. The standard InChI is InChI=1S/C18H28FN3O2/c1-13(2)17(22-6-8-24-9-7-22)12-21-18(23)20-11-15-4-5-16(19)14(3)10-15/h4-5,10,13,17H,6-9,11-12H2,1-3H3,(H2,20,21,23)/t17-/m1/s1. The van der Waals surface area contributed by atoms with Crippen LogP contribution >= 0.6 is 0 Å². The van der Waals surface area contributed by atoms with Crippen molar-refractivity contribution in [3.63, 3.8) is 0 Å². The van der Waals surface area contributed by atoms with Crippen LogP contribution in [0.15, 0.2) is 18.2 Å². The number of amides is 2. The number of benzene rings is 1. The molecule has 1 heterocycles. The van der Waals surface area contributed by atoms with Gasteiger partial charge in [-0.15, -0.1) is 0 Å². The van der Waals surface area contributed by atoms with E-state index in [1.165, 1.54) is 6.07 Å². The van der Waals surface area contributed by atoms with Gasteiger partial charge in [-0.2, -0.15) is 0 Å². The van der Waals surface area contributed by atoms with Gasteiger partial charge in [-0.1, -0.05) is 26.0 Å². The summed E-state index contributed by atoms with van der Waals surface area (Å²) >= 11 is 0. The molecule has 0 unspecified atom stereocenters. The highest BCUT2D eigenvalue weighted by Crippen LogP contribution is 2.12. The number of hydrogen-bond acceptors (Lipinski definition) is 3. The smallest absolute Gasteiger partial charge is 0.315 e. The van der Waals surface area contributed by atoms with Crippen molar-refractivity contribution in [2.75, 3.05) is 32.8 Å². The van der Waals surface area contributed by atoms with Gasteiger partial charge in [0.15, 0.2) is 0 Å². The van der Waals surface area contributed by atoms with Crippen LogP contribution in [0.2, 0.25) is 0 Å². The van der Waals surface area contributed by atoms with Gasteiger partial charge in [-0.25, -0.2) is 9.18 Å². The molecule has 1 aromatic carbocycles. The highest BCUT2D eigenvalue weighted by atomic mass is 19.1. The number of ether oxygens (including phenoxy) is 1. The summed E-state index contributed by atoms with van der Waals surface area (Å²) in [6.45, 7) is 10.3. The minimum Gasteiger partial charge on any atom is -0.379 e. The van der Waals surface area contributed by atoms with Crippen molar-refractivity contribution >= 4 is 6.03 Å². The van der Waals surface area contributed by atoms with Crippen LogP contribution in [0, 0.1) is 18.7 Å². The zero-order valence-corrected chi connectivity index (χ0v) is 14.8. The number of halogens is 1. The van der Waals surface area contributed by atoms with Gasteiger partial charge >= 0.3 is 6.03 Å². The molecule has 1 saturated heterocycles. The van der Waals surface area contributed by atoms with Crippen molar-refractivity contribution in [1.82, 2.24) is 15.5 Å². The molecule has 0 aromatic heterocycles. The van der Waals surface area contributed by atoms with E-state index >= 15 is 0 Å². The average molecular weight is 337 g/mol. The summed E-state index contributed by atoms with van der Waals surface area (Å²) in [6.07, 6.45) is 0. The summed E-state index contributed by atoms with van der Waals surface area (Å²) in [5.41, 5.74) is 1.47. The lowest BCUT2D eigenvalue weighted by Crippen LogP contribution is -2.52. The number of carbonyl (C=O) groups excluding carboxylic acids is 1. The van der Waals surface area contributed by atoms with Gasteiger partial charge < -0.3 is 15.4 Å². The largest absolute Gasteiger partial charge is 0.379 e. The van der Waals surface area contributed by atoms with E-state index in [0.29, 0.717) is 30.6 Å². The minimum atomic E-state index is -0.228. The van der Waals surface area contributed by atoms with E-state index in [-0.39, 0.29) is 11.8 Å². The number of rotatable bonds is 6. The van der Waals surface area contributed by atoms with Crippen molar-refractivity contribution in [2.24, 2.45) is 5.92 Å². The predicted octanol–water partition coefficient (Wildman–Crippen LogP) is 2.29. The topological polar surface area (TPSA) is 53.6 Å². The molecule has 2 amide bonds. The number of morpholine rings is 1. The van der Waals surface area contributed by atoms with Crippen LogP contribution in [0.4, 0.5) is 9.18 Å². The molecule has 1 aliphatic heterocycles. The second-order valence-corrected chi connectivity index (χ2v) is 6.61. The molecule has 6 heteroatoms. The fourth-order valence-electron chi connectivity index (χ4n) is 2.95. The van der Waals surface area contributed by atoms with E-state index in [2.05, 4.69) is 29.4 Å². The highest BCUT2D eigenvalue weighted by molar-refractivity contribution is 5.73. The van der Waals surface area contributed by atoms with Crippen LogP contribution < -0.4 is 10.6 Å². The van der Waals surface area contributed by atoms with Gasteiger partial charge in [0.2, 0.25) is 0 Å². The number of nitrogens with zero attached hydrogens (tertiary/aromatic N) is 1. The van der Waals surface area contributed by atoms with Crippen LogP contribution in [0.25, 0.3) is 0 Å². The molecule has 0 aliphatic carbocycles. The molecule has 0 spiro atoms. The van der Waals surface area contributed by atoms with Crippen LogP contribution in [-0.2, 0) is 11.3 Å². The van der Waals surface area contributed by atoms with Gasteiger partial charge in [0.25, 0.3) is 0 Å². The molecular weight excluding hydrogens is 309 g/mol. The van der Waals surface area contributed by atoms with Gasteiger partial charge in [-0.3, -0.25) is 4.90 Å². The first-order valence-corrected chi connectivity index (χ1v) is 8.56. The Balaban J connectivity index is 1.79. The van der Waals surface area contributed by atoms with Crippen LogP contribution in [-0.4, -0.2) is 49.8 Å². The number of hydrogen-bond donors (Lipinski definition) is 2. The number of carbonyl (C=O) groups is 1. The Morgan fingerprint density at radius 3 is 2.62 bits per heavy atom. The monoisotopic (exact) mass is 337 g/mol. The Hall–Kier alpha value is -1.66. The molecule has 2 rings (SSSR count). The fraction of sp³-hybridized carbons (Fsp3) is 0.611. The van der Waals surface area contributed by atoms with E-state index < -0.39 is 0 Å². The van der Waals surface area contributed by atoms with Gasteiger partial charge in [0.05, 0.1) is 13.2 Å². The number of urea groups is 1. The molecule has 134 valence electrons. The molecule has 1 aliphatic rings. The highest BCUT2D eigenvalue weighted by Gasteiger charge is 2.24. The second-order valence-electron chi connectivity index (χ2n) is 6.61. The van der Waals surface area contributed by atoms with Crippen molar-refractivity contribution in [1.29, 1.82) is 0 Å². The Bertz CT molecular complexity index is 545. The van der Waals surface area contributed by atoms with Crippen molar-refractivity contribution < 1.29 is 13.9 Å². The average Bonchev–Trinajstić information content (AvgIpc) is 2.57. The lowest BCUT2D eigenvalue weighted by molar-refractivity contribution is 0.00719. The third-order valence-corrected chi connectivity index (χ3v) is 4.43. The second kappa shape index (κ2) is 8.99. The normalized spacial score (nSPS) is 16.9. The van der Waals surface area contributed by atoms with E-state index in [1.807, 2.05) is 0 Å². The lowest BCUT2D eigenvalue weighted by atomic mass is 10.0. The predicted molar refractivity (Wildman–Crippen MR) is 92.4 cm³/mol. The first kappa shape index (κ1) is 18.7. The zero-order chi connectivity index (χ0) is 17.5. The molecule has 1 atom stereocenters. The van der Waals surface area contributed by atoms with Crippen LogP contribution in [0.3, 0.4) is 0 Å². The van der Waals surface area contributed by atoms with Gasteiger partial charge in [0.1, 0.15) is 5.82 Å². The molecular formula is C18H28FN3O2. The zero-order valence-electron chi connectivity index (χ0n) is 14.8. The van der Waals surface area contributed by atoms with Crippen LogP contribution in [0.1, 0.15) is 25.0 Å². The summed E-state index contributed by atoms with van der Waals surface area (Å²) in [4.78, 5) is 14.4. The SMILES string of the molecule is Cc1cc(CNC(=O)NC[C@H](C(C)C)N2CCOCC2)ccc1F. The maximum absolute atomic E-state index is 13.2. The molecule has 1 fully saturated rings. The molecule has 0 radical (unpaired) electrons. The molecule has 2 N–H and O–H groups in total. The Morgan fingerprint density at radius 1 is 1.29 bits per heavy atom. The third-order valence-electron chi connectivity index (χ3n) is 4.43.